The van der Waals surface area contributed by atoms with Crippen LogP contribution in [0.1, 0.15) is 43.8 Å². The molecule has 0 aromatic heterocycles. The van der Waals surface area contributed by atoms with Crippen LogP contribution in [0.25, 0.3) is 0 Å². The van der Waals surface area contributed by atoms with E-state index in [4.69, 9.17) is 4.74 Å². The first-order chi connectivity index (χ1) is 13.7. The number of guanidine groups is 1. The van der Waals surface area contributed by atoms with E-state index in [1.807, 2.05) is 7.05 Å². The minimum Gasteiger partial charge on any atom is -0.373 e. The highest BCUT2D eigenvalue weighted by atomic mass is 127. The number of halogens is 1. The van der Waals surface area contributed by atoms with Gasteiger partial charge in [-0.1, -0.05) is 30.3 Å². The average molecular weight is 512 g/mol. The number of amides is 1. The fourth-order valence-electron chi connectivity index (χ4n) is 5.05. The van der Waals surface area contributed by atoms with Crippen LogP contribution < -0.4 is 10.6 Å². The van der Waals surface area contributed by atoms with Crippen LogP contribution >= 0.6 is 24.0 Å². The van der Waals surface area contributed by atoms with Gasteiger partial charge in [0.15, 0.2) is 5.96 Å². The van der Waals surface area contributed by atoms with E-state index in [1.54, 1.807) is 0 Å². The molecule has 6 nitrogen and oxygen atoms in total. The summed E-state index contributed by atoms with van der Waals surface area (Å²) in [5.74, 6) is 1.58. The molecule has 160 valence electrons. The van der Waals surface area contributed by atoms with Gasteiger partial charge >= 0.3 is 0 Å². The molecule has 3 aliphatic heterocycles. The molecule has 3 heterocycles. The highest BCUT2D eigenvalue weighted by molar-refractivity contribution is 14.0. The summed E-state index contributed by atoms with van der Waals surface area (Å²) in [7, 11) is 1.85. The molecule has 2 N–H and O–H groups in total. The van der Waals surface area contributed by atoms with Crippen molar-refractivity contribution in [2.24, 2.45) is 16.3 Å². The standard InChI is InChI=1S/C22H32N4O2.HI/c1-23-21(26-11-6-10-22(16-26)13-19(27)25-15-22)24-14-18-9-5-12-28-20(18)17-7-3-2-4-8-17;/h2-4,7-8,18,20H,5-6,9-16H2,1H3,(H,23,24)(H,25,27);1H. The number of nitrogens with one attached hydrogen (secondary N) is 2. The Labute approximate surface area is 190 Å². The predicted octanol–water partition coefficient (Wildman–Crippen LogP) is 2.95. The van der Waals surface area contributed by atoms with Crippen molar-refractivity contribution in [1.82, 2.24) is 15.5 Å². The van der Waals surface area contributed by atoms with Crippen LogP contribution in [0.5, 0.6) is 0 Å². The first-order valence-corrected chi connectivity index (χ1v) is 10.6. The summed E-state index contributed by atoms with van der Waals surface area (Å²) in [6, 6.07) is 10.5. The smallest absolute Gasteiger partial charge is 0.220 e. The van der Waals surface area contributed by atoms with Crippen LogP contribution in [0.2, 0.25) is 0 Å². The van der Waals surface area contributed by atoms with E-state index in [0.717, 1.165) is 64.4 Å². The third kappa shape index (κ3) is 5.23. The number of hydrogen-bond donors (Lipinski definition) is 2. The summed E-state index contributed by atoms with van der Waals surface area (Å²) >= 11 is 0. The molecule has 3 aliphatic rings. The zero-order chi connectivity index (χ0) is 19.4. The number of benzene rings is 1. The third-order valence-electron chi connectivity index (χ3n) is 6.46. The van der Waals surface area contributed by atoms with Crippen molar-refractivity contribution in [1.29, 1.82) is 0 Å². The molecule has 4 rings (SSSR count). The second kappa shape index (κ2) is 10.1. The highest BCUT2D eigenvalue weighted by Crippen LogP contribution is 2.36. The molecule has 1 aromatic rings. The Hall–Kier alpha value is -1.35. The number of nitrogens with zero attached hydrogens (tertiary/aromatic N) is 2. The van der Waals surface area contributed by atoms with Crippen molar-refractivity contribution in [3.8, 4) is 0 Å². The quantitative estimate of drug-likeness (QED) is 0.372. The average Bonchev–Trinajstić information content (AvgIpc) is 3.09. The van der Waals surface area contributed by atoms with Gasteiger partial charge in [0.2, 0.25) is 5.91 Å². The minimum atomic E-state index is 0. The minimum absolute atomic E-state index is 0. The molecule has 3 saturated heterocycles. The largest absolute Gasteiger partial charge is 0.373 e. The molecular formula is C22H33IN4O2. The van der Waals surface area contributed by atoms with Gasteiger partial charge in [-0.2, -0.15) is 0 Å². The SMILES string of the molecule is CN=C(NCC1CCCOC1c1ccccc1)N1CCCC2(CNC(=O)C2)C1.I. The van der Waals surface area contributed by atoms with Gasteiger partial charge in [-0.25, -0.2) is 0 Å². The number of carbonyl (C=O) groups excluding carboxylic acids is 1. The first kappa shape index (κ1) is 22.3. The summed E-state index contributed by atoms with van der Waals surface area (Å²) in [5, 5.41) is 6.64. The van der Waals surface area contributed by atoms with Crippen molar-refractivity contribution in [2.75, 3.05) is 39.8 Å². The van der Waals surface area contributed by atoms with E-state index < -0.39 is 0 Å². The van der Waals surface area contributed by atoms with Gasteiger partial charge in [0, 0.05) is 57.6 Å². The van der Waals surface area contributed by atoms with Crippen LogP contribution in [0, 0.1) is 11.3 Å². The van der Waals surface area contributed by atoms with Gasteiger partial charge in [-0.05, 0) is 31.2 Å². The van der Waals surface area contributed by atoms with Gasteiger partial charge in [-0.3, -0.25) is 9.79 Å². The number of aliphatic imine (C=N–C) groups is 1. The summed E-state index contributed by atoms with van der Waals surface area (Å²) in [5.41, 5.74) is 1.34. The van der Waals surface area contributed by atoms with E-state index in [0.29, 0.717) is 12.3 Å². The number of likely N-dealkylation sites (tertiary alicyclic amines) is 1. The Morgan fingerprint density at radius 1 is 1.34 bits per heavy atom. The molecule has 29 heavy (non-hydrogen) atoms. The van der Waals surface area contributed by atoms with E-state index in [2.05, 4.69) is 50.9 Å². The van der Waals surface area contributed by atoms with E-state index in [9.17, 15) is 4.79 Å². The van der Waals surface area contributed by atoms with Crippen LogP contribution in [0.3, 0.4) is 0 Å². The first-order valence-electron chi connectivity index (χ1n) is 10.6. The van der Waals surface area contributed by atoms with Crippen LogP contribution in [-0.2, 0) is 9.53 Å². The van der Waals surface area contributed by atoms with Gasteiger partial charge in [0.1, 0.15) is 0 Å². The normalized spacial score (nSPS) is 30.0. The Balaban J connectivity index is 0.00000240. The van der Waals surface area contributed by atoms with Crippen molar-refractivity contribution >= 4 is 35.8 Å². The number of ether oxygens (including phenoxy) is 1. The Morgan fingerprint density at radius 3 is 2.90 bits per heavy atom. The molecule has 0 bridgehead atoms. The monoisotopic (exact) mass is 512 g/mol. The molecule has 1 amide bonds. The van der Waals surface area contributed by atoms with Crippen LogP contribution in [0.4, 0.5) is 0 Å². The van der Waals surface area contributed by atoms with Gasteiger partial charge in [0.25, 0.3) is 0 Å². The van der Waals surface area contributed by atoms with Gasteiger partial charge in [-0.15, -0.1) is 24.0 Å². The third-order valence-corrected chi connectivity index (χ3v) is 6.46. The molecule has 1 aromatic carbocycles. The van der Waals surface area contributed by atoms with Crippen molar-refractivity contribution in [2.45, 2.75) is 38.2 Å². The molecule has 3 atom stereocenters. The maximum Gasteiger partial charge on any atom is 0.220 e. The van der Waals surface area contributed by atoms with Crippen molar-refractivity contribution in [3.05, 3.63) is 35.9 Å². The summed E-state index contributed by atoms with van der Waals surface area (Å²) in [4.78, 5) is 18.7. The molecule has 7 heteroatoms. The van der Waals surface area contributed by atoms with E-state index in [-0.39, 0.29) is 41.4 Å². The second-order valence-corrected chi connectivity index (χ2v) is 8.51. The zero-order valence-electron chi connectivity index (χ0n) is 17.2. The van der Waals surface area contributed by atoms with Gasteiger partial charge in [0.05, 0.1) is 6.10 Å². The molecule has 1 spiro atoms. The maximum absolute atomic E-state index is 11.8. The molecule has 3 fully saturated rings. The van der Waals surface area contributed by atoms with Crippen LogP contribution in [0.15, 0.2) is 35.3 Å². The lowest BCUT2D eigenvalue weighted by Crippen LogP contribution is -2.52. The second-order valence-electron chi connectivity index (χ2n) is 8.51. The lowest BCUT2D eigenvalue weighted by Gasteiger charge is -2.41. The topological polar surface area (TPSA) is 66.0 Å². The number of rotatable bonds is 3. The molecule has 0 saturated carbocycles. The zero-order valence-corrected chi connectivity index (χ0v) is 19.6. The number of piperidine rings is 1. The van der Waals surface area contributed by atoms with Crippen LogP contribution in [-0.4, -0.2) is 56.6 Å². The summed E-state index contributed by atoms with van der Waals surface area (Å²) < 4.78 is 6.14. The predicted molar refractivity (Wildman–Crippen MR) is 126 cm³/mol. The Morgan fingerprint density at radius 2 is 2.17 bits per heavy atom. The Bertz CT molecular complexity index is 714. The fraction of sp³-hybridized carbons (Fsp3) is 0.636. The lowest BCUT2D eigenvalue weighted by molar-refractivity contribution is -0.119. The number of carbonyl (C=O) groups is 1. The lowest BCUT2D eigenvalue weighted by atomic mass is 9.79. The number of hydrogen-bond acceptors (Lipinski definition) is 3. The molecule has 3 unspecified atom stereocenters. The summed E-state index contributed by atoms with van der Waals surface area (Å²) in [6.45, 7) is 4.38. The molecule has 0 aliphatic carbocycles. The molecular weight excluding hydrogens is 479 g/mol. The highest BCUT2D eigenvalue weighted by Gasteiger charge is 2.42. The Kier molecular flexibility index (Phi) is 7.79. The maximum atomic E-state index is 11.8. The fourth-order valence-corrected chi connectivity index (χ4v) is 5.05. The summed E-state index contributed by atoms with van der Waals surface area (Å²) in [6.07, 6.45) is 5.28. The molecule has 0 radical (unpaired) electrons. The van der Waals surface area contributed by atoms with Crippen molar-refractivity contribution < 1.29 is 9.53 Å². The van der Waals surface area contributed by atoms with Gasteiger partial charge < -0.3 is 20.3 Å². The van der Waals surface area contributed by atoms with E-state index >= 15 is 0 Å². The van der Waals surface area contributed by atoms with E-state index in [1.165, 1.54) is 5.56 Å². The van der Waals surface area contributed by atoms with Crippen molar-refractivity contribution in [3.63, 3.8) is 0 Å².